The minimum atomic E-state index is -0.112. The van der Waals surface area contributed by atoms with Gasteiger partial charge in [-0.3, -0.25) is 15.5 Å². The Labute approximate surface area is 123 Å². The Morgan fingerprint density at radius 3 is 2.90 bits per heavy atom. The van der Waals surface area contributed by atoms with Crippen LogP contribution in [0.25, 0.3) is 10.9 Å². The molecule has 5 heteroatoms. The smallest absolute Gasteiger partial charge is 0.0884 e. The van der Waals surface area contributed by atoms with Gasteiger partial charge in [0.25, 0.3) is 0 Å². The molecule has 1 aromatic carbocycles. The van der Waals surface area contributed by atoms with E-state index in [1.165, 1.54) is 0 Å². The van der Waals surface area contributed by atoms with Gasteiger partial charge >= 0.3 is 0 Å². The monoisotopic (exact) mass is 281 g/mol. The lowest BCUT2D eigenvalue weighted by atomic mass is 9.99. The van der Waals surface area contributed by atoms with Gasteiger partial charge < -0.3 is 0 Å². The highest BCUT2D eigenvalue weighted by molar-refractivity contribution is 5.82. The van der Waals surface area contributed by atoms with Crippen molar-refractivity contribution in [2.24, 2.45) is 5.84 Å². The SMILES string of the molecule is CCn1nc(C)cc1C(NN)c1cccc2ncccc12. The van der Waals surface area contributed by atoms with Crippen LogP contribution >= 0.6 is 0 Å². The molecule has 3 aromatic rings. The predicted molar refractivity (Wildman–Crippen MR) is 83.5 cm³/mol. The molecule has 0 bridgehead atoms. The summed E-state index contributed by atoms with van der Waals surface area (Å²) in [6.45, 7) is 4.88. The summed E-state index contributed by atoms with van der Waals surface area (Å²) in [5, 5.41) is 5.61. The zero-order valence-corrected chi connectivity index (χ0v) is 12.2. The molecule has 1 atom stereocenters. The summed E-state index contributed by atoms with van der Waals surface area (Å²) < 4.78 is 1.98. The Kier molecular flexibility index (Phi) is 3.68. The fraction of sp³-hybridized carbons (Fsp3) is 0.250. The van der Waals surface area contributed by atoms with Gasteiger partial charge in [0, 0.05) is 18.1 Å². The van der Waals surface area contributed by atoms with Gasteiger partial charge in [0.05, 0.1) is 22.9 Å². The Hall–Kier alpha value is -2.24. The van der Waals surface area contributed by atoms with Crippen LogP contribution in [0.4, 0.5) is 0 Å². The van der Waals surface area contributed by atoms with Crippen LogP contribution in [0.5, 0.6) is 0 Å². The standard InChI is InChI=1S/C16H19N5/c1-3-21-15(10-11(2)20-21)16(19-17)13-6-4-8-14-12(13)7-5-9-18-14/h4-10,16,19H,3,17H2,1-2H3. The fourth-order valence-electron chi connectivity index (χ4n) is 2.76. The molecule has 3 N–H and O–H groups in total. The van der Waals surface area contributed by atoms with Crippen molar-refractivity contribution in [2.75, 3.05) is 0 Å². The summed E-state index contributed by atoms with van der Waals surface area (Å²) >= 11 is 0. The summed E-state index contributed by atoms with van der Waals surface area (Å²) in [7, 11) is 0. The third-order valence-corrected chi connectivity index (χ3v) is 3.69. The number of hydrogen-bond acceptors (Lipinski definition) is 4. The number of rotatable bonds is 4. The van der Waals surface area contributed by atoms with Crippen molar-refractivity contribution in [3.8, 4) is 0 Å². The number of nitrogens with two attached hydrogens (primary N) is 1. The van der Waals surface area contributed by atoms with Crippen LogP contribution in [0, 0.1) is 6.92 Å². The number of benzene rings is 1. The molecule has 108 valence electrons. The van der Waals surface area contributed by atoms with Crippen LogP contribution in [0.3, 0.4) is 0 Å². The molecule has 0 aliphatic heterocycles. The normalized spacial score (nSPS) is 12.7. The van der Waals surface area contributed by atoms with E-state index in [2.05, 4.69) is 40.6 Å². The van der Waals surface area contributed by atoms with E-state index in [0.29, 0.717) is 0 Å². The molecule has 5 nitrogen and oxygen atoms in total. The van der Waals surface area contributed by atoms with Crippen molar-refractivity contribution in [2.45, 2.75) is 26.4 Å². The molecule has 0 amide bonds. The minimum Gasteiger partial charge on any atom is -0.271 e. The van der Waals surface area contributed by atoms with Crippen molar-refractivity contribution in [1.29, 1.82) is 0 Å². The maximum atomic E-state index is 5.85. The van der Waals surface area contributed by atoms with E-state index in [1.54, 1.807) is 6.20 Å². The highest BCUT2D eigenvalue weighted by Gasteiger charge is 2.19. The van der Waals surface area contributed by atoms with Crippen molar-refractivity contribution in [3.63, 3.8) is 0 Å². The van der Waals surface area contributed by atoms with Crippen molar-refractivity contribution in [1.82, 2.24) is 20.2 Å². The number of nitrogens with one attached hydrogen (secondary N) is 1. The van der Waals surface area contributed by atoms with Crippen molar-refractivity contribution >= 4 is 10.9 Å². The predicted octanol–water partition coefficient (Wildman–Crippen LogP) is 2.31. The molecule has 0 saturated carbocycles. The quantitative estimate of drug-likeness (QED) is 0.569. The molecule has 2 heterocycles. The number of aromatic nitrogens is 3. The Morgan fingerprint density at radius 2 is 2.14 bits per heavy atom. The van der Waals surface area contributed by atoms with E-state index in [-0.39, 0.29) is 6.04 Å². The van der Waals surface area contributed by atoms with Crippen LogP contribution in [0.15, 0.2) is 42.6 Å². The second-order valence-corrected chi connectivity index (χ2v) is 5.04. The van der Waals surface area contributed by atoms with Crippen molar-refractivity contribution in [3.05, 3.63) is 59.5 Å². The average Bonchev–Trinajstić information content (AvgIpc) is 2.89. The first kappa shape index (κ1) is 13.7. The van der Waals surface area contributed by atoms with Gasteiger partial charge in [0.15, 0.2) is 0 Å². The Morgan fingerprint density at radius 1 is 1.29 bits per heavy atom. The number of fused-ring (bicyclic) bond motifs is 1. The van der Waals surface area contributed by atoms with Gasteiger partial charge in [-0.25, -0.2) is 5.43 Å². The molecule has 0 aliphatic rings. The lowest BCUT2D eigenvalue weighted by Gasteiger charge is -2.19. The summed E-state index contributed by atoms with van der Waals surface area (Å²) in [6, 6.07) is 12.1. The third kappa shape index (κ3) is 2.41. The summed E-state index contributed by atoms with van der Waals surface area (Å²) in [5.41, 5.74) is 7.06. The van der Waals surface area contributed by atoms with Crippen molar-refractivity contribution < 1.29 is 0 Å². The molecular weight excluding hydrogens is 262 g/mol. The molecule has 0 radical (unpaired) electrons. The molecule has 0 saturated heterocycles. The molecule has 0 aliphatic carbocycles. The van der Waals surface area contributed by atoms with Gasteiger partial charge in [0.2, 0.25) is 0 Å². The number of hydrazine groups is 1. The van der Waals surface area contributed by atoms with Crippen LogP contribution < -0.4 is 11.3 Å². The first-order valence-corrected chi connectivity index (χ1v) is 7.08. The first-order chi connectivity index (χ1) is 10.2. The van der Waals surface area contributed by atoms with E-state index < -0.39 is 0 Å². The van der Waals surface area contributed by atoms with E-state index >= 15 is 0 Å². The Bertz CT molecular complexity index is 757. The third-order valence-electron chi connectivity index (χ3n) is 3.69. The van der Waals surface area contributed by atoms with E-state index in [9.17, 15) is 0 Å². The van der Waals surface area contributed by atoms with E-state index in [4.69, 9.17) is 5.84 Å². The molecular formula is C16H19N5. The molecule has 0 spiro atoms. The number of pyridine rings is 1. The topological polar surface area (TPSA) is 68.8 Å². The zero-order chi connectivity index (χ0) is 14.8. The van der Waals surface area contributed by atoms with Crippen LogP contribution in [0.1, 0.15) is 29.9 Å². The van der Waals surface area contributed by atoms with Crippen LogP contribution in [-0.2, 0) is 6.54 Å². The number of hydrogen-bond donors (Lipinski definition) is 2. The lowest BCUT2D eigenvalue weighted by Crippen LogP contribution is -2.30. The van der Waals surface area contributed by atoms with Gasteiger partial charge in [0.1, 0.15) is 0 Å². The fourth-order valence-corrected chi connectivity index (χ4v) is 2.76. The zero-order valence-electron chi connectivity index (χ0n) is 12.2. The number of nitrogens with zero attached hydrogens (tertiary/aromatic N) is 3. The Balaban J connectivity index is 2.18. The summed E-state index contributed by atoms with van der Waals surface area (Å²) in [5.74, 6) is 5.85. The maximum absolute atomic E-state index is 5.85. The molecule has 1 unspecified atom stereocenters. The van der Waals surface area contributed by atoms with Crippen LogP contribution in [-0.4, -0.2) is 14.8 Å². The van der Waals surface area contributed by atoms with Gasteiger partial charge in [-0.2, -0.15) is 5.10 Å². The minimum absolute atomic E-state index is 0.112. The molecule has 0 fully saturated rings. The van der Waals surface area contributed by atoms with E-state index in [1.807, 2.05) is 29.8 Å². The van der Waals surface area contributed by atoms with Gasteiger partial charge in [-0.15, -0.1) is 0 Å². The van der Waals surface area contributed by atoms with Gasteiger partial charge in [-0.1, -0.05) is 18.2 Å². The largest absolute Gasteiger partial charge is 0.271 e. The lowest BCUT2D eigenvalue weighted by molar-refractivity contribution is 0.544. The molecule has 3 rings (SSSR count). The first-order valence-electron chi connectivity index (χ1n) is 7.08. The van der Waals surface area contributed by atoms with Crippen LogP contribution in [0.2, 0.25) is 0 Å². The summed E-state index contributed by atoms with van der Waals surface area (Å²) in [6.07, 6.45) is 1.80. The van der Waals surface area contributed by atoms with Gasteiger partial charge in [-0.05, 0) is 37.6 Å². The van der Waals surface area contributed by atoms with E-state index in [0.717, 1.165) is 34.4 Å². The average molecular weight is 281 g/mol. The second kappa shape index (κ2) is 5.63. The summed E-state index contributed by atoms with van der Waals surface area (Å²) in [4.78, 5) is 4.41. The highest BCUT2D eigenvalue weighted by atomic mass is 15.3. The second-order valence-electron chi connectivity index (χ2n) is 5.04. The highest BCUT2D eigenvalue weighted by Crippen LogP contribution is 2.28. The molecule has 21 heavy (non-hydrogen) atoms. The maximum Gasteiger partial charge on any atom is 0.0884 e. The number of aryl methyl sites for hydroxylation is 2. The molecule has 2 aromatic heterocycles.